The number of amides is 1. The Morgan fingerprint density at radius 1 is 1.77 bits per heavy atom. The van der Waals surface area contributed by atoms with Crippen LogP contribution in [0.2, 0.25) is 0 Å². The summed E-state index contributed by atoms with van der Waals surface area (Å²) in [4.78, 5) is 14.8. The van der Waals surface area contributed by atoms with E-state index in [9.17, 15) is 4.79 Å². The first-order valence-electron chi connectivity index (χ1n) is 4.04. The number of nitrogens with one attached hydrogen (secondary N) is 1. The number of carbonyl (C=O) groups excluding carboxylic acids is 1. The van der Waals surface area contributed by atoms with Gasteiger partial charge in [0.25, 0.3) is 0 Å². The Morgan fingerprint density at radius 3 is 3.15 bits per heavy atom. The van der Waals surface area contributed by atoms with Gasteiger partial charge in [-0.1, -0.05) is 6.58 Å². The monoisotopic (exact) mass is 176 g/mol. The lowest BCUT2D eigenvalue weighted by atomic mass is 10.1. The van der Waals surface area contributed by atoms with E-state index >= 15 is 0 Å². The minimum atomic E-state index is -0.164. The zero-order chi connectivity index (χ0) is 9.68. The first-order valence-corrected chi connectivity index (χ1v) is 4.04. The summed E-state index contributed by atoms with van der Waals surface area (Å²) in [6.07, 6.45) is 4.73. The summed E-state index contributed by atoms with van der Waals surface area (Å²) in [6, 6.07) is 1.91. The van der Waals surface area contributed by atoms with Crippen molar-refractivity contribution in [3.63, 3.8) is 0 Å². The molecule has 0 spiro atoms. The summed E-state index contributed by atoms with van der Waals surface area (Å²) in [7, 11) is 0. The molecule has 0 fully saturated rings. The van der Waals surface area contributed by atoms with Gasteiger partial charge in [0.05, 0.1) is 0 Å². The van der Waals surface area contributed by atoms with E-state index in [0.29, 0.717) is 6.54 Å². The summed E-state index contributed by atoms with van der Waals surface area (Å²) in [5, 5.41) is 2.69. The summed E-state index contributed by atoms with van der Waals surface area (Å²) in [6.45, 7) is 5.86. The fourth-order valence-corrected chi connectivity index (χ4v) is 0.936. The van der Waals surface area contributed by atoms with Crippen LogP contribution in [0.5, 0.6) is 0 Å². The number of nitrogens with zero attached hydrogens (tertiary/aromatic N) is 1. The van der Waals surface area contributed by atoms with Crippen molar-refractivity contribution in [2.75, 3.05) is 0 Å². The normalized spacial score (nSPS) is 9.31. The number of aryl methyl sites for hydroxylation is 1. The molecule has 68 valence electrons. The zero-order valence-corrected chi connectivity index (χ0v) is 7.58. The molecule has 1 aromatic rings. The molecular weight excluding hydrogens is 164 g/mol. The molecule has 0 aromatic carbocycles. The van der Waals surface area contributed by atoms with E-state index in [2.05, 4.69) is 16.9 Å². The number of hydrogen-bond donors (Lipinski definition) is 1. The van der Waals surface area contributed by atoms with E-state index < -0.39 is 0 Å². The van der Waals surface area contributed by atoms with Crippen molar-refractivity contribution in [3.05, 3.63) is 42.2 Å². The quantitative estimate of drug-likeness (QED) is 0.703. The number of hydrogen-bond acceptors (Lipinski definition) is 2. The average Bonchev–Trinajstić information content (AvgIpc) is 2.16. The molecule has 3 nitrogen and oxygen atoms in total. The molecule has 0 radical (unpaired) electrons. The molecule has 0 bridgehead atoms. The highest BCUT2D eigenvalue weighted by atomic mass is 16.1. The van der Waals surface area contributed by atoms with Crippen LogP contribution >= 0.6 is 0 Å². The molecule has 0 atom stereocenters. The maximum Gasteiger partial charge on any atom is 0.243 e. The molecule has 0 saturated carbocycles. The number of carbonyl (C=O) groups is 1. The highest BCUT2D eigenvalue weighted by Gasteiger charge is 1.98. The van der Waals surface area contributed by atoms with Crippen molar-refractivity contribution in [2.45, 2.75) is 13.5 Å². The molecule has 13 heavy (non-hydrogen) atoms. The van der Waals surface area contributed by atoms with Gasteiger partial charge in [-0.3, -0.25) is 9.78 Å². The standard InChI is InChI=1S/C10H12N2O/c1-3-10(13)12-7-9-6-11-5-4-8(9)2/h3-6H,1,7H2,2H3,(H,12,13). The van der Waals surface area contributed by atoms with Crippen molar-refractivity contribution in [1.82, 2.24) is 10.3 Å². The third-order valence-electron chi connectivity index (χ3n) is 1.79. The average molecular weight is 176 g/mol. The summed E-state index contributed by atoms with van der Waals surface area (Å²) in [5.41, 5.74) is 2.15. The van der Waals surface area contributed by atoms with E-state index in [0.717, 1.165) is 11.1 Å². The molecule has 3 heteroatoms. The molecule has 0 aliphatic rings. The molecule has 1 N–H and O–H groups in total. The lowest BCUT2D eigenvalue weighted by Crippen LogP contribution is -2.20. The Kier molecular flexibility index (Phi) is 3.20. The van der Waals surface area contributed by atoms with Crippen molar-refractivity contribution >= 4 is 5.91 Å². The summed E-state index contributed by atoms with van der Waals surface area (Å²) >= 11 is 0. The third-order valence-corrected chi connectivity index (χ3v) is 1.79. The molecule has 1 rings (SSSR count). The van der Waals surface area contributed by atoms with Crippen LogP contribution in [0.15, 0.2) is 31.1 Å². The molecule has 0 unspecified atom stereocenters. The zero-order valence-electron chi connectivity index (χ0n) is 7.58. The Bertz CT molecular complexity index is 320. The van der Waals surface area contributed by atoms with Gasteiger partial charge in [-0.05, 0) is 30.2 Å². The van der Waals surface area contributed by atoms with Crippen LogP contribution in [-0.2, 0) is 11.3 Å². The van der Waals surface area contributed by atoms with E-state index in [4.69, 9.17) is 0 Å². The van der Waals surface area contributed by atoms with E-state index in [1.807, 2.05) is 13.0 Å². The van der Waals surface area contributed by atoms with Crippen LogP contribution in [0.25, 0.3) is 0 Å². The van der Waals surface area contributed by atoms with Gasteiger partial charge >= 0.3 is 0 Å². The molecule has 0 aliphatic carbocycles. The predicted octanol–water partition coefficient (Wildman–Crippen LogP) is 1.19. The van der Waals surface area contributed by atoms with Gasteiger partial charge in [0.15, 0.2) is 0 Å². The van der Waals surface area contributed by atoms with Crippen molar-refractivity contribution in [2.24, 2.45) is 0 Å². The van der Waals surface area contributed by atoms with Gasteiger partial charge in [-0.25, -0.2) is 0 Å². The van der Waals surface area contributed by atoms with Crippen LogP contribution in [0.1, 0.15) is 11.1 Å². The number of aromatic nitrogens is 1. The van der Waals surface area contributed by atoms with E-state index in [1.54, 1.807) is 12.4 Å². The van der Waals surface area contributed by atoms with Crippen LogP contribution in [0.3, 0.4) is 0 Å². The maximum absolute atomic E-state index is 10.8. The second-order valence-corrected chi connectivity index (χ2v) is 2.72. The SMILES string of the molecule is C=CC(=O)NCc1cnccc1C. The van der Waals surface area contributed by atoms with Gasteiger partial charge in [0.2, 0.25) is 5.91 Å². The van der Waals surface area contributed by atoms with Gasteiger partial charge in [0, 0.05) is 18.9 Å². The number of pyridine rings is 1. The Balaban J connectivity index is 2.59. The van der Waals surface area contributed by atoms with Crippen LogP contribution in [0.4, 0.5) is 0 Å². The topological polar surface area (TPSA) is 42.0 Å². The summed E-state index contributed by atoms with van der Waals surface area (Å²) < 4.78 is 0. The highest BCUT2D eigenvalue weighted by molar-refractivity contribution is 5.86. The van der Waals surface area contributed by atoms with Crippen LogP contribution < -0.4 is 5.32 Å². The largest absolute Gasteiger partial charge is 0.348 e. The van der Waals surface area contributed by atoms with Gasteiger partial charge in [-0.15, -0.1) is 0 Å². The highest BCUT2D eigenvalue weighted by Crippen LogP contribution is 2.03. The minimum Gasteiger partial charge on any atom is -0.348 e. The minimum absolute atomic E-state index is 0.164. The van der Waals surface area contributed by atoms with Gasteiger partial charge in [-0.2, -0.15) is 0 Å². The van der Waals surface area contributed by atoms with Crippen LogP contribution in [0, 0.1) is 6.92 Å². The van der Waals surface area contributed by atoms with Crippen LogP contribution in [-0.4, -0.2) is 10.9 Å². The van der Waals surface area contributed by atoms with Gasteiger partial charge in [0.1, 0.15) is 0 Å². The van der Waals surface area contributed by atoms with E-state index in [1.165, 1.54) is 6.08 Å². The second kappa shape index (κ2) is 4.40. The van der Waals surface area contributed by atoms with E-state index in [-0.39, 0.29) is 5.91 Å². The lowest BCUT2D eigenvalue weighted by Gasteiger charge is -2.04. The maximum atomic E-state index is 10.8. The molecule has 1 amide bonds. The second-order valence-electron chi connectivity index (χ2n) is 2.72. The first-order chi connectivity index (χ1) is 6.24. The fraction of sp³-hybridized carbons (Fsp3) is 0.200. The summed E-state index contributed by atoms with van der Waals surface area (Å²) in [5.74, 6) is -0.164. The van der Waals surface area contributed by atoms with Crippen molar-refractivity contribution in [1.29, 1.82) is 0 Å². The molecule has 1 aromatic heterocycles. The molecule has 1 heterocycles. The first kappa shape index (κ1) is 9.45. The fourth-order valence-electron chi connectivity index (χ4n) is 0.936. The number of rotatable bonds is 3. The smallest absolute Gasteiger partial charge is 0.243 e. The third kappa shape index (κ3) is 2.71. The van der Waals surface area contributed by atoms with Crippen molar-refractivity contribution in [3.8, 4) is 0 Å². The van der Waals surface area contributed by atoms with Gasteiger partial charge < -0.3 is 5.32 Å². The Morgan fingerprint density at radius 2 is 2.54 bits per heavy atom. The molecular formula is C10H12N2O. The predicted molar refractivity (Wildman–Crippen MR) is 51.0 cm³/mol. The lowest BCUT2D eigenvalue weighted by molar-refractivity contribution is -0.116. The molecule has 0 saturated heterocycles. The Hall–Kier alpha value is -1.64. The Labute approximate surface area is 77.5 Å². The van der Waals surface area contributed by atoms with Crippen molar-refractivity contribution < 1.29 is 4.79 Å². The molecule has 0 aliphatic heterocycles.